The third kappa shape index (κ3) is 3.14. The number of carbonyl (C=O) groups excluding carboxylic acids is 1. The molecule has 1 aliphatic heterocycles. The number of rotatable bonds is 4. The molecule has 0 unspecified atom stereocenters. The lowest BCUT2D eigenvalue weighted by molar-refractivity contribution is -0.128. The standard InChI is InChI=1S/C15H22N2O2/c1-4-15(19)9-17(10-15)8-13(18)16-14-11(2)6-5-7-12(14)3/h5-7,19H,4,8-10H2,1-3H3,(H,16,18). The van der Waals surface area contributed by atoms with Crippen LogP contribution in [0.15, 0.2) is 18.2 Å². The van der Waals surface area contributed by atoms with Crippen molar-refractivity contribution in [2.24, 2.45) is 0 Å². The summed E-state index contributed by atoms with van der Waals surface area (Å²) in [4.78, 5) is 13.9. The number of carbonyl (C=O) groups is 1. The van der Waals surface area contributed by atoms with Crippen molar-refractivity contribution < 1.29 is 9.90 Å². The van der Waals surface area contributed by atoms with Crippen molar-refractivity contribution >= 4 is 11.6 Å². The lowest BCUT2D eigenvalue weighted by atomic mass is 9.91. The maximum Gasteiger partial charge on any atom is 0.238 e. The van der Waals surface area contributed by atoms with Gasteiger partial charge in [0.05, 0.1) is 12.1 Å². The van der Waals surface area contributed by atoms with Crippen LogP contribution in [0.25, 0.3) is 0 Å². The molecular formula is C15H22N2O2. The minimum atomic E-state index is -0.584. The van der Waals surface area contributed by atoms with Crippen LogP contribution >= 0.6 is 0 Å². The van der Waals surface area contributed by atoms with E-state index in [0.29, 0.717) is 19.6 Å². The van der Waals surface area contributed by atoms with Crippen molar-refractivity contribution in [2.75, 3.05) is 25.0 Å². The molecule has 0 atom stereocenters. The number of benzene rings is 1. The number of amides is 1. The van der Waals surface area contributed by atoms with Gasteiger partial charge in [-0.3, -0.25) is 9.69 Å². The second-order valence-corrected chi connectivity index (χ2v) is 5.54. The van der Waals surface area contributed by atoms with E-state index < -0.39 is 5.60 Å². The molecule has 1 saturated heterocycles. The van der Waals surface area contributed by atoms with Gasteiger partial charge in [-0.25, -0.2) is 0 Å². The van der Waals surface area contributed by atoms with Gasteiger partial charge in [0, 0.05) is 18.8 Å². The van der Waals surface area contributed by atoms with Gasteiger partial charge in [-0.1, -0.05) is 25.1 Å². The highest BCUT2D eigenvalue weighted by molar-refractivity contribution is 5.93. The fourth-order valence-corrected chi connectivity index (χ4v) is 2.52. The third-order valence-electron chi connectivity index (χ3n) is 3.81. The average Bonchev–Trinajstić information content (AvgIpc) is 2.32. The van der Waals surface area contributed by atoms with Gasteiger partial charge >= 0.3 is 0 Å². The van der Waals surface area contributed by atoms with Gasteiger partial charge in [0.1, 0.15) is 0 Å². The van der Waals surface area contributed by atoms with Gasteiger partial charge in [0.25, 0.3) is 0 Å². The summed E-state index contributed by atoms with van der Waals surface area (Å²) < 4.78 is 0. The second-order valence-electron chi connectivity index (χ2n) is 5.54. The molecule has 2 rings (SSSR count). The van der Waals surface area contributed by atoms with E-state index >= 15 is 0 Å². The van der Waals surface area contributed by atoms with E-state index in [4.69, 9.17) is 0 Å². The largest absolute Gasteiger partial charge is 0.387 e. The summed E-state index contributed by atoms with van der Waals surface area (Å²) in [6.45, 7) is 7.46. The van der Waals surface area contributed by atoms with Crippen LogP contribution in [0.4, 0.5) is 5.69 Å². The minimum Gasteiger partial charge on any atom is -0.387 e. The summed E-state index contributed by atoms with van der Waals surface area (Å²) in [7, 11) is 0. The first-order valence-corrected chi connectivity index (χ1v) is 6.74. The molecule has 1 aliphatic rings. The molecule has 1 heterocycles. The zero-order valence-electron chi connectivity index (χ0n) is 11.9. The number of nitrogens with zero attached hydrogens (tertiary/aromatic N) is 1. The molecule has 0 saturated carbocycles. The first-order chi connectivity index (χ1) is 8.93. The van der Waals surface area contributed by atoms with E-state index in [0.717, 1.165) is 23.2 Å². The quantitative estimate of drug-likeness (QED) is 0.868. The van der Waals surface area contributed by atoms with E-state index in [1.807, 2.05) is 43.9 Å². The zero-order valence-corrected chi connectivity index (χ0v) is 11.9. The van der Waals surface area contributed by atoms with Crippen molar-refractivity contribution in [1.29, 1.82) is 0 Å². The monoisotopic (exact) mass is 262 g/mol. The Kier molecular flexibility index (Phi) is 3.92. The molecule has 104 valence electrons. The molecule has 1 aromatic rings. The number of likely N-dealkylation sites (tertiary alicyclic amines) is 1. The predicted molar refractivity (Wildman–Crippen MR) is 76.2 cm³/mol. The molecular weight excluding hydrogens is 240 g/mol. The van der Waals surface area contributed by atoms with E-state index in [2.05, 4.69) is 5.32 Å². The van der Waals surface area contributed by atoms with E-state index in [-0.39, 0.29) is 5.91 Å². The first-order valence-electron chi connectivity index (χ1n) is 6.74. The molecule has 4 heteroatoms. The maximum absolute atomic E-state index is 12.0. The molecule has 19 heavy (non-hydrogen) atoms. The fraction of sp³-hybridized carbons (Fsp3) is 0.533. The maximum atomic E-state index is 12.0. The zero-order chi connectivity index (χ0) is 14.0. The predicted octanol–water partition coefficient (Wildman–Crippen LogP) is 1.70. The van der Waals surface area contributed by atoms with Crippen LogP contribution in [0.3, 0.4) is 0 Å². The minimum absolute atomic E-state index is 0.0180. The van der Waals surface area contributed by atoms with Gasteiger partial charge in [0.15, 0.2) is 0 Å². The molecule has 0 radical (unpaired) electrons. The van der Waals surface area contributed by atoms with Crippen molar-refractivity contribution in [3.63, 3.8) is 0 Å². The van der Waals surface area contributed by atoms with Crippen molar-refractivity contribution in [3.05, 3.63) is 29.3 Å². The van der Waals surface area contributed by atoms with Crippen LogP contribution in [0, 0.1) is 13.8 Å². The second kappa shape index (κ2) is 5.31. The van der Waals surface area contributed by atoms with E-state index in [1.165, 1.54) is 0 Å². The summed E-state index contributed by atoms with van der Waals surface area (Å²) in [6, 6.07) is 5.96. The summed E-state index contributed by atoms with van der Waals surface area (Å²) in [6.07, 6.45) is 0.738. The SMILES string of the molecule is CCC1(O)CN(CC(=O)Nc2c(C)cccc2C)C1. The fourth-order valence-electron chi connectivity index (χ4n) is 2.52. The summed E-state index contributed by atoms with van der Waals surface area (Å²) in [5, 5.41) is 12.9. The summed E-state index contributed by atoms with van der Waals surface area (Å²) >= 11 is 0. The Morgan fingerprint density at radius 3 is 2.47 bits per heavy atom. The van der Waals surface area contributed by atoms with Crippen LogP contribution in [0.1, 0.15) is 24.5 Å². The highest BCUT2D eigenvalue weighted by Gasteiger charge is 2.39. The Morgan fingerprint density at radius 2 is 1.95 bits per heavy atom. The van der Waals surface area contributed by atoms with Gasteiger partial charge in [-0.15, -0.1) is 0 Å². The molecule has 2 N–H and O–H groups in total. The molecule has 0 aliphatic carbocycles. The number of para-hydroxylation sites is 1. The van der Waals surface area contributed by atoms with Crippen LogP contribution < -0.4 is 5.32 Å². The molecule has 1 fully saturated rings. The highest BCUT2D eigenvalue weighted by atomic mass is 16.3. The third-order valence-corrected chi connectivity index (χ3v) is 3.81. The van der Waals surface area contributed by atoms with Gasteiger partial charge in [-0.05, 0) is 31.4 Å². The summed E-state index contributed by atoms with van der Waals surface area (Å²) in [5.74, 6) is -0.0180. The number of β-amino-alcohol motifs (C(OH)–C–C–N with tert-alkyl or cyclic N) is 1. The van der Waals surface area contributed by atoms with Crippen molar-refractivity contribution in [1.82, 2.24) is 4.90 Å². The van der Waals surface area contributed by atoms with Gasteiger partial charge in [0.2, 0.25) is 5.91 Å². The number of hydrogen-bond donors (Lipinski definition) is 2. The van der Waals surface area contributed by atoms with Crippen LogP contribution in [0.2, 0.25) is 0 Å². The molecule has 0 aromatic heterocycles. The van der Waals surface area contributed by atoms with Crippen LogP contribution in [-0.2, 0) is 4.79 Å². The lowest BCUT2D eigenvalue weighted by Gasteiger charge is -2.45. The average molecular weight is 262 g/mol. The number of hydrogen-bond acceptors (Lipinski definition) is 3. The summed E-state index contributed by atoms with van der Waals surface area (Å²) in [5.41, 5.74) is 2.46. The Labute approximate surface area is 114 Å². The first kappa shape index (κ1) is 14.0. The molecule has 1 amide bonds. The Bertz CT molecular complexity index is 459. The molecule has 0 spiro atoms. The number of nitrogens with one attached hydrogen (secondary N) is 1. The van der Waals surface area contributed by atoms with Crippen LogP contribution in [0.5, 0.6) is 0 Å². The molecule has 0 bridgehead atoms. The van der Waals surface area contributed by atoms with Crippen molar-refractivity contribution in [3.8, 4) is 0 Å². The number of aliphatic hydroxyl groups is 1. The Hall–Kier alpha value is -1.39. The highest BCUT2D eigenvalue weighted by Crippen LogP contribution is 2.24. The van der Waals surface area contributed by atoms with E-state index in [1.54, 1.807) is 0 Å². The normalized spacial score (nSPS) is 17.9. The van der Waals surface area contributed by atoms with E-state index in [9.17, 15) is 9.90 Å². The molecule has 4 nitrogen and oxygen atoms in total. The molecule has 1 aromatic carbocycles. The van der Waals surface area contributed by atoms with Gasteiger partial charge in [-0.2, -0.15) is 0 Å². The smallest absolute Gasteiger partial charge is 0.238 e. The Morgan fingerprint density at radius 1 is 1.37 bits per heavy atom. The van der Waals surface area contributed by atoms with Crippen LogP contribution in [-0.4, -0.2) is 41.1 Å². The lowest BCUT2D eigenvalue weighted by Crippen LogP contribution is -2.62. The van der Waals surface area contributed by atoms with Gasteiger partial charge < -0.3 is 10.4 Å². The van der Waals surface area contributed by atoms with Crippen molar-refractivity contribution in [2.45, 2.75) is 32.8 Å². The number of anilines is 1. The topological polar surface area (TPSA) is 52.6 Å². The Balaban J connectivity index is 1.89. The number of aryl methyl sites for hydroxylation is 2.